The maximum absolute atomic E-state index is 11.8. The van der Waals surface area contributed by atoms with E-state index in [9.17, 15) is 5.11 Å². The fourth-order valence-corrected chi connectivity index (χ4v) is 5.26. The van der Waals surface area contributed by atoms with Crippen LogP contribution in [-0.2, 0) is 0 Å². The van der Waals surface area contributed by atoms with Crippen LogP contribution in [0.15, 0.2) is 127 Å². The maximum Gasteiger partial charge on any atom is 0.134 e. The summed E-state index contributed by atoms with van der Waals surface area (Å²) in [6.45, 7) is 6.47. The van der Waals surface area contributed by atoms with Gasteiger partial charge in [-0.25, -0.2) is 0 Å². The van der Waals surface area contributed by atoms with Crippen LogP contribution in [-0.4, -0.2) is 5.11 Å². The summed E-state index contributed by atoms with van der Waals surface area (Å²) in [5.41, 5.74) is 6.33. The first-order chi connectivity index (χ1) is 18.5. The van der Waals surface area contributed by atoms with E-state index in [4.69, 9.17) is 4.74 Å². The van der Waals surface area contributed by atoms with Gasteiger partial charge < -0.3 is 9.84 Å². The second-order valence-electron chi connectivity index (χ2n) is 9.95. The largest absolute Gasteiger partial charge is 0.507 e. The van der Waals surface area contributed by atoms with Crippen molar-refractivity contribution in [3.63, 3.8) is 0 Å². The van der Waals surface area contributed by atoms with E-state index in [2.05, 4.69) is 81.4 Å². The van der Waals surface area contributed by atoms with Crippen molar-refractivity contribution < 1.29 is 9.84 Å². The number of aromatic hydroxyl groups is 1. The zero-order valence-electron chi connectivity index (χ0n) is 22.2. The minimum atomic E-state index is -0.0622. The van der Waals surface area contributed by atoms with Crippen LogP contribution in [0.4, 0.5) is 0 Å². The molecule has 2 heteroatoms. The Morgan fingerprint density at radius 3 is 1.45 bits per heavy atom. The predicted octanol–water partition coefficient (Wildman–Crippen LogP) is 9.64. The van der Waals surface area contributed by atoms with Gasteiger partial charge in [-0.3, -0.25) is 0 Å². The lowest BCUT2D eigenvalue weighted by atomic mass is 9.85. The van der Waals surface area contributed by atoms with E-state index in [1.165, 1.54) is 5.56 Å². The van der Waals surface area contributed by atoms with Crippen molar-refractivity contribution in [3.05, 3.63) is 161 Å². The van der Waals surface area contributed by atoms with Gasteiger partial charge in [0.25, 0.3) is 0 Å². The Morgan fingerprint density at radius 1 is 0.447 bits per heavy atom. The molecular weight excluding hydrogens is 464 g/mol. The number of phenols is 1. The average Bonchev–Trinajstić information content (AvgIpc) is 2.98. The number of hydrogen-bond donors (Lipinski definition) is 1. The van der Waals surface area contributed by atoms with Gasteiger partial charge in [-0.15, -0.1) is 0 Å². The molecule has 0 spiro atoms. The highest BCUT2D eigenvalue weighted by Crippen LogP contribution is 2.46. The van der Waals surface area contributed by atoms with E-state index >= 15 is 0 Å². The van der Waals surface area contributed by atoms with Crippen LogP contribution in [0.2, 0.25) is 0 Å². The smallest absolute Gasteiger partial charge is 0.134 e. The Bertz CT molecular complexity index is 1480. The van der Waals surface area contributed by atoms with Gasteiger partial charge in [0.15, 0.2) is 0 Å². The number of para-hydroxylation sites is 1. The molecule has 0 radical (unpaired) electrons. The molecule has 0 heterocycles. The Balaban J connectivity index is 1.60. The van der Waals surface area contributed by atoms with Crippen molar-refractivity contribution in [1.29, 1.82) is 0 Å². The normalized spacial score (nSPS) is 13.4. The van der Waals surface area contributed by atoms with E-state index in [1.807, 2.05) is 66.7 Å². The van der Waals surface area contributed by atoms with Crippen molar-refractivity contribution >= 4 is 0 Å². The minimum Gasteiger partial charge on any atom is -0.507 e. The molecule has 0 aliphatic heterocycles. The summed E-state index contributed by atoms with van der Waals surface area (Å²) in [5, 5.41) is 11.8. The molecule has 0 aromatic heterocycles. The van der Waals surface area contributed by atoms with E-state index in [0.29, 0.717) is 11.5 Å². The lowest BCUT2D eigenvalue weighted by Crippen LogP contribution is -2.05. The van der Waals surface area contributed by atoms with Crippen molar-refractivity contribution in [3.8, 4) is 17.2 Å². The Morgan fingerprint density at radius 2 is 0.895 bits per heavy atom. The van der Waals surface area contributed by atoms with E-state index in [1.54, 1.807) is 0 Å². The van der Waals surface area contributed by atoms with Crippen LogP contribution in [0.25, 0.3) is 0 Å². The van der Waals surface area contributed by atoms with Crippen LogP contribution < -0.4 is 4.74 Å². The SMILES string of the molecule is CC(c1ccccc1)c1ccccc1Oc1ccc(C(C)c2ccccc2)c(O)c1C(C)c1ccccc1. The summed E-state index contributed by atoms with van der Waals surface area (Å²) >= 11 is 0. The van der Waals surface area contributed by atoms with Gasteiger partial charge >= 0.3 is 0 Å². The molecule has 5 aromatic carbocycles. The third-order valence-electron chi connectivity index (χ3n) is 7.61. The first-order valence-electron chi connectivity index (χ1n) is 13.3. The highest BCUT2D eigenvalue weighted by molar-refractivity contribution is 5.58. The second kappa shape index (κ2) is 11.4. The van der Waals surface area contributed by atoms with Gasteiger partial charge in [0, 0.05) is 34.4 Å². The van der Waals surface area contributed by atoms with Gasteiger partial charge in [-0.2, -0.15) is 0 Å². The van der Waals surface area contributed by atoms with Crippen molar-refractivity contribution in [1.82, 2.24) is 0 Å². The fourth-order valence-electron chi connectivity index (χ4n) is 5.26. The van der Waals surface area contributed by atoms with Gasteiger partial charge in [0.2, 0.25) is 0 Å². The summed E-state index contributed by atoms with van der Waals surface area (Å²) < 4.78 is 6.69. The highest BCUT2D eigenvalue weighted by atomic mass is 16.5. The molecule has 2 nitrogen and oxygen atoms in total. The summed E-state index contributed by atoms with van der Waals surface area (Å²) in [6, 6.07) is 43.3. The van der Waals surface area contributed by atoms with E-state index < -0.39 is 0 Å². The van der Waals surface area contributed by atoms with Gasteiger partial charge in [-0.1, -0.05) is 136 Å². The lowest BCUT2D eigenvalue weighted by Gasteiger charge is -2.24. The van der Waals surface area contributed by atoms with Crippen LogP contribution in [0, 0.1) is 0 Å². The molecule has 38 heavy (non-hydrogen) atoms. The van der Waals surface area contributed by atoms with Gasteiger partial charge in [-0.05, 0) is 28.8 Å². The molecule has 0 saturated heterocycles. The zero-order chi connectivity index (χ0) is 26.5. The molecule has 5 aromatic rings. The monoisotopic (exact) mass is 498 g/mol. The van der Waals surface area contributed by atoms with Crippen LogP contribution in [0.1, 0.15) is 71.9 Å². The van der Waals surface area contributed by atoms with Crippen LogP contribution in [0.5, 0.6) is 17.2 Å². The van der Waals surface area contributed by atoms with E-state index in [0.717, 1.165) is 33.6 Å². The average molecular weight is 499 g/mol. The molecule has 1 N–H and O–H groups in total. The lowest BCUT2D eigenvalue weighted by molar-refractivity contribution is 0.431. The standard InChI is InChI=1S/C36H34O2/c1-25(28-15-7-4-8-16-28)31-21-13-14-22-33(31)38-34-24-23-32(26(2)29-17-9-5-10-18-29)36(37)35(34)27(3)30-19-11-6-12-20-30/h4-27,37H,1-3H3. The van der Waals surface area contributed by atoms with Crippen molar-refractivity contribution in [2.24, 2.45) is 0 Å². The Kier molecular flexibility index (Phi) is 7.60. The number of benzene rings is 5. The molecule has 0 aliphatic rings. The summed E-state index contributed by atoms with van der Waals surface area (Å²) in [4.78, 5) is 0. The zero-order valence-corrected chi connectivity index (χ0v) is 22.2. The third-order valence-corrected chi connectivity index (χ3v) is 7.61. The number of phenolic OH excluding ortho intramolecular Hbond substituents is 1. The summed E-state index contributed by atoms with van der Waals surface area (Å²) in [7, 11) is 0. The Labute approximate surface area is 226 Å². The fraction of sp³-hybridized carbons (Fsp3) is 0.167. The summed E-state index contributed by atoms with van der Waals surface area (Å²) in [6.07, 6.45) is 0. The summed E-state index contributed by atoms with van der Waals surface area (Å²) in [5.74, 6) is 1.91. The predicted molar refractivity (Wildman–Crippen MR) is 156 cm³/mol. The minimum absolute atomic E-state index is 0.0392. The number of ether oxygens (including phenoxy) is 1. The second-order valence-corrected chi connectivity index (χ2v) is 9.95. The first-order valence-corrected chi connectivity index (χ1v) is 13.3. The molecular formula is C36H34O2. The Hall–Kier alpha value is -4.30. The van der Waals surface area contributed by atoms with Crippen LogP contribution in [0.3, 0.4) is 0 Å². The molecule has 3 unspecified atom stereocenters. The molecule has 190 valence electrons. The molecule has 0 amide bonds. The topological polar surface area (TPSA) is 29.5 Å². The van der Waals surface area contributed by atoms with Crippen LogP contribution >= 0.6 is 0 Å². The first kappa shape index (κ1) is 25.4. The quantitative estimate of drug-likeness (QED) is 0.231. The maximum atomic E-state index is 11.8. The van der Waals surface area contributed by atoms with Crippen molar-refractivity contribution in [2.75, 3.05) is 0 Å². The molecule has 0 bridgehead atoms. The highest BCUT2D eigenvalue weighted by Gasteiger charge is 2.25. The third kappa shape index (κ3) is 5.21. The number of hydrogen-bond acceptors (Lipinski definition) is 2. The molecule has 0 saturated carbocycles. The molecule has 0 fully saturated rings. The molecule has 5 rings (SSSR count). The van der Waals surface area contributed by atoms with Gasteiger partial charge in [0.1, 0.15) is 17.2 Å². The molecule has 0 aliphatic carbocycles. The van der Waals surface area contributed by atoms with E-state index in [-0.39, 0.29) is 17.8 Å². The number of rotatable bonds is 8. The van der Waals surface area contributed by atoms with Gasteiger partial charge in [0.05, 0.1) is 0 Å². The molecule has 3 atom stereocenters. The van der Waals surface area contributed by atoms with Crippen molar-refractivity contribution in [2.45, 2.75) is 38.5 Å².